The zero-order valence-corrected chi connectivity index (χ0v) is 11.0. The van der Waals surface area contributed by atoms with Gasteiger partial charge in [0, 0.05) is 37.8 Å². The van der Waals surface area contributed by atoms with E-state index in [0.29, 0.717) is 19.5 Å². The fourth-order valence-corrected chi connectivity index (χ4v) is 1.64. The van der Waals surface area contributed by atoms with Gasteiger partial charge < -0.3 is 20.7 Å². The molecule has 7 heteroatoms. The first-order chi connectivity index (χ1) is 9.11. The molecule has 1 aromatic rings. The molecule has 106 valence electrons. The number of hydrogen-bond acceptors (Lipinski definition) is 3. The first kappa shape index (κ1) is 15.0. The molecule has 0 aromatic carbocycles. The Morgan fingerprint density at radius 1 is 1.47 bits per heavy atom. The molecule has 1 rings (SSSR count). The van der Waals surface area contributed by atoms with Gasteiger partial charge in [0.05, 0.1) is 6.33 Å². The lowest BCUT2D eigenvalue weighted by molar-refractivity contribution is -0.138. The van der Waals surface area contributed by atoms with Crippen LogP contribution < -0.4 is 10.6 Å². The van der Waals surface area contributed by atoms with E-state index in [-0.39, 0.29) is 18.4 Å². The van der Waals surface area contributed by atoms with Gasteiger partial charge in [0.25, 0.3) is 0 Å². The average Bonchev–Trinajstić information content (AvgIpc) is 2.87. The zero-order valence-electron chi connectivity index (χ0n) is 11.0. The quantitative estimate of drug-likeness (QED) is 0.558. The number of carbonyl (C=O) groups excluding carboxylic acids is 1. The molecule has 2 amide bonds. The molecule has 0 fully saturated rings. The van der Waals surface area contributed by atoms with E-state index in [0.717, 1.165) is 12.1 Å². The summed E-state index contributed by atoms with van der Waals surface area (Å²) >= 11 is 0. The van der Waals surface area contributed by atoms with E-state index >= 15 is 0 Å². The van der Waals surface area contributed by atoms with Crippen molar-refractivity contribution >= 4 is 12.0 Å². The van der Waals surface area contributed by atoms with Crippen molar-refractivity contribution in [2.24, 2.45) is 5.92 Å². The van der Waals surface area contributed by atoms with Crippen molar-refractivity contribution in [3.8, 4) is 0 Å². The Hall–Kier alpha value is -2.05. The second-order valence-corrected chi connectivity index (χ2v) is 4.34. The van der Waals surface area contributed by atoms with Crippen molar-refractivity contribution in [2.75, 3.05) is 13.1 Å². The predicted octanol–water partition coefficient (Wildman–Crippen LogP) is 0.752. The summed E-state index contributed by atoms with van der Waals surface area (Å²) in [6.45, 7) is 2.79. The number of aliphatic carboxylic acids is 1. The van der Waals surface area contributed by atoms with Gasteiger partial charge in [-0.1, -0.05) is 13.3 Å². The molecule has 0 spiro atoms. The van der Waals surface area contributed by atoms with E-state index in [1.54, 1.807) is 12.5 Å². The van der Waals surface area contributed by atoms with Crippen molar-refractivity contribution in [1.82, 2.24) is 20.6 Å². The van der Waals surface area contributed by atoms with Crippen molar-refractivity contribution in [3.05, 3.63) is 18.2 Å². The van der Waals surface area contributed by atoms with Gasteiger partial charge in [0.1, 0.15) is 0 Å². The first-order valence-electron chi connectivity index (χ1n) is 6.32. The molecular formula is C12H20N4O3. The fourth-order valence-electron chi connectivity index (χ4n) is 1.64. The number of rotatable bonds is 8. The van der Waals surface area contributed by atoms with Crippen LogP contribution in [0.4, 0.5) is 4.79 Å². The molecule has 0 bridgehead atoms. The van der Waals surface area contributed by atoms with Gasteiger partial charge in [-0.15, -0.1) is 0 Å². The molecule has 1 atom stereocenters. The zero-order chi connectivity index (χ0) is 14.1. The Morgan fingerprint density at radius 3 is 2.84 bits per heavy atom. The largest absolute Gasteiger partial charge is 0.481 e. The van der Waals surface area contributed by atoms with E-state index in [1.807, 2.05) is 6.92 Å². The highest BCUT2D eigenvalue weighted by Gasteiger charge is 2.12. The number of nitrogens with zero attached hydrogens (tertiary/aromatic N) is 1. The van der Waals surface area contributed by atoms with Crippen LogP contribution in [0.3, 0.4) is 0 Å². The molecule has 0 aliphatic rings. The maximum absolute atomic E-state index is 11.5. The lowest BCUT2D eigenvalue weighted by Gasteiger charge is -2.13. The van der Waals surface area contributed by atoms with E-state index in [1.165, 1.54) is 0 Å². The third kappa shape index (κ3) is 6.44. The molecule has 1 aromatic heterocycles. The lowest BCUT2D eigenvalue weighted by atomic mass is 10.0. The standard InChI is InChI=1S/C12H20N4O3/c1-2-9(5-11(17)18)6-15-12(19)14-4-3-10-7-13-8-16-10/h7-9H,2-6H2,1H3,(H,13,16)(H,17,18)(H2,14,15,19). The molecule has 0 radical (unpaired) electrons. The predicted molar refractivity (Wildman–Crippen MR) is 69.7 cm³/mol. The molecule has 0 saturated heterocycles. The highest BCUT2D eigenvalue weighted by Crippen LogP contribution is 2.06. The molecule has 1 heterocycles. The second-order valence-electron chi connectivity index (χ2n) is 4.34. The Balaban J connectivity index is 2.14. The molecule has 1 unspecified atom stereocenters. The van der Waals surface area contributed by atoms with Gasteiger partial charge in [-0.05, 0) is 5.92 Å². The van der Waals surface area contributed by atoms with E-state index < -0.39 is 5.97 Å². The normalized spacial score (nSPS) is 11.8. The SMILES string of the molecule is CCC(CNC(=O)NCCc1cnc[nH]1)CC(=O)O. The summed E-state index contributed by atoms with van der Waals surface area (Å²) in [5, 5.41) is 14.1. The Morgan fingerprint density at radius 2 is 2.26 bits per heavy atom. The van der Waals surface area contributed by atoms with Gasteiger partial charge in [0.2, 0.25) is 0 Å². The van der Waals surface area contributed by atoms with Gasteiger partial charge in [-0.2, -0.15) is 0 Å². The van der Waals surface area contributed by atoms with E-state index in [2.05, 4.69) is 20.6 Å². The smallest absolute Gasteiger partial charge is 0.314 e. The lowest BCUT2D eigenvalue weighted by Crippen LogP contribution is -2.39. The minimum Gasteiger partial charge on any atom is -0.481 e. The summed E-state index contributed by atoms with van der Waals surface area (Å²) in [6.07, 6.45) is 4.78. The Bertz CT molecular complexity index is 392. The Kier molecular flexibility index (Phi) is 6.42. The summed E-state index contributed by atoms with van der Waals surface area (Å²) < 4.78 is 0. The molecule has 0 saturated carbocycles. The highest BCUT2D eigenvalue weighted by atomic mass is 16.4. The number of carboxylic acids is 1. The van der Waals surface area contributed by atoms with Gasteiger partial charge in [0.15, 0.2) is 0 Å². The number of H-pyrrole nitrogens is 1. The third-order valence-corrected chi connectivity index (χ3v) is 2.83. The Labute approximate surface area is 111 Å². The van der Waals surface area contributed by atoms with Crippen molar-refractivity contribution in [2.45, 2.75) is 26.2 Å². The maximum Gasteiger partial charge on any atom is 0.314 e. The minimum atomic E-state index is -0.840. The molecule has 0 aliphatic heterocycles. The third-order valence-electron chi connectivity index (χ3n) is 2.83. The van der Waals surface area contributed by atoms with Crippen molar-refractivity contribution in [1.29, 1.82) is 0 Å². The number of aromatic amines is 1. The van der Waals surface area contributed by atoms with Gasteiger partial charge >= 0.3 is 12.0 Å². The van der Waals surface area contributed by atoms with E-state index in [4.69, 9.17) is 5.11 Å². The number of carboxylic acid groups (broad SMARTS) is 1. The van der Waals surface area contributed by atoms with Crippen molar-refractivity contribution < 1.29 is 14.7 Å². The van der Waals surface area contributed by atoms with Crippen LogP contribution >= 0.6 is 0 Å². The number of nitrogens with one attached hydrogen (secondary N) is 3. The van der Waals surface area contributed by atoms with Crippen LogP contribution in [0.25, 0.3) is 0 Å². The van der Waals surface area contributed by atoms with E-state index in [9.17, 15) is 9.59 Å². The number of urea groups is 1. The number of amides is 2. The highest BCUT2D eigenvalue weighted by molar-refractivity contribution is 5.74. The number of hydrogen-bond donors (Lipinski definition) is 4. The molecule has 0 aliphatic carbocycles. The van der Waals surface area contributed by atoms with Crippen LogP contribution in [0.2, 0.25) is 0 Å². The van der Waals surface area contributed by atoms with Crippen LogP contribution in [0.15, 0.2) is 12.5 Å². The average molecular weight is 268 g/mol. The molecule has 4 N–H and O–H groups in total. The van der Waals surface area contributed by atoms with Crippen LogP contribution in [0.5, 0.6) is 0 Å². The van der Waals surface area contributed by atoms with Gasteiger partial charge in [-0.3, -0.25) is 4.79 Å². The van der Waals surface area contributed by atoms with Crippen LogP contribution in [-0.4, -0.2) is 40.2 Å². The summed E-state index contributed by atoms with van der Waals surface area (Å²) in [5.41, 5.74) is 0.956. The minimum absolute atomic E-state index is 0.0316. The molecule has 7 nitrogen and oxygen atoms in total. The molecular weight excluding hydrogens is 248 g/mol. The number of imidazole rings is 1. The molecule has 19 heavy (non-hydrogen) atoms. The van der Waals surface area contributed by atoms with Crippen molar-refractivity contribution in [3.63, 3.8) is 0 Å². The topological polar surface area (TPSA) is 107 Å². The maximum atomic E-state index is 11.5. The summed E-state index contributed by atoms with van der Waals surface area (Å²) in [6, 6.07) is -0.275. The number of aromatic nitrogens is 2. The number of carbonyl (C=O) groups is 2. The first-order valence-corrected chi connectivity index (χ1v) is 6.32. The van der Waals surface area contributed by atoms with Crippen LogP contribution in [-0.2, 0) is 11.2 Å². The fraction of sp³-hybridized carbons (Fsp3) is 0.583. The summed E-state index contributed by atoms with van der Waals surface area (Å²) in [4.78, 5) is 28.9. The van der Waals surface area contributed by atoms with Crippen LogP contribution in [0, 0.1) is 5.92 Å². The second kappa shape index (κ2) is 8.12. The van der Waals surface area contributed by atoms with Gasteiger partial charge in [-0.25, -0.2) is 9.78 Å². The summed E-state index contributed by atoms with van der Waals surface area (Å²) in [7, 11) is 0. The van der Waals surface area contributed by atoms with Crippen LogP contribution in [0.1, 0.15) is 25.5 Å². The monoisotopic (exact) mass is 268 g/mol. The summed E-state index contributed by atoms with van der Waals surface area (Å²) in [5.74, 6) is -0.871.